The molecule has 0 aliphatic heterocycles. The van der Waals surface area contributed by atoms with Gasteiger partial charge in [0.05, 0.1) is 11.4 Å². The Morgan fingerprint density at radius 1 is 1.55 bits per heavy atom. The van der Waals surface area contributed by atoms with E-state index in [0.717, 1.165) is 23.4 Å². The lowest BCUT2D eigenvalue weighted by Crippen LogP contribution is -2.48. The van der Waals surface area contributed by atoms with Crippen LogP contribution in [0.5, 0.6) is 0 Å². The molecule has 114 valence electrons. The summed E-state index contributed by atoms with van der Waals surface area (Å²) in [6.07, 6.45) is 5.86. The van der Waals surface area contributed by atoms with Gasteiger partial charge in [-0.1, -0.05) is 37.6 Å². The molecule has 1 saturated carbocycles. The summed E-state index contributed by atoms with van der Waals surface area (Å²) < 4.78 is 0. The summed E-state index contributed by atoms with van der Waals surface area (Å²) >= 11 is 12.9. The molecule has 0 aromatic rings. The molecule has 0 heterocycles. The highest BCUT2D eigenvalue weighted by Gasteiger charge is 2.57. The molecule has 0 spiro atoms. The molecule has 1 rings (SSSR count). The van der Waals surface area contributed by atoms with E-state index in [2.05, 4.69) is 17.2 Å². The van der Waals surface area contributed by atoms with E-state index in [-0.39, 0.29) is 12.5 Å². The number of hydrogen-bond acceptors (Lipinski definition) is 3. The van der Waals surface area contributed by atoms with Crippen LogP contribution in [-0.2, 0) is 0 Å². The molecule has 1 atom stereocenters. The van der Waals surface area contributed by atoms with Crippen molar-refractivity contribution in [3.05, 3.63) is 22.8 Å². The van der Waals surface area contributed by atoms with Crippen LogP contribution >= 0.6 is 23.2 Å². The lowest BCUT2D eigenvalue weighted by Gasteiger charge is -2.33. The number of hydrogen-bond donors (Lipinski definition) is 2. The van der Waals surface area contributed by atoms with Crippen LogP contribution in [0.15, 0.2) is 27.9 Å². The van der Waals surface area contributed by atoms with E-state index in [1.807, 2.05) is 32.9 Å². The van der Waals surface area contributed by atoms with Gasteiger partial charge in [-0.05, 0) is 31.3 Å². The number of alkyl halides is 1. The number of halogens is 2. The molecular weight excluding hydrogens is 295 g/mol. The van der Waals surface area contributed by atoms with Gasteiger partial charge in [0.25, 0.3) is 0 Å². The zero-order valence-corrected chi connectivity index (χ0v) is 13.9. The maximum atomic E-state index is 11.0. The molecule has 20 heavy (non-hydrogen) atoms. The number of allylic oxidation sites excluding steroid dienone is 3. The first kappa shape index (κ1) is 17.5. The van der Waals surface area contributed by atoms with Crippen LogP contribution in [0.25, 0.3) is 0 Å². The second kappa shape index (κ2) is 6.97. The predicted octanol–water partition coefficient (Wildman–Crippen LogP) is 3.81. The van der Waals surface area contributed by atoms with Gasteiger partial charge in [-0.2, -0.15) is 5.10 Å². The third-order valence-corrected chi connectivity index (χ3v) is 5.08. The summed E-state index contributed by atoms with van der Waals surface area (Å²) in [6, 6.07) is 0. The van der Waals surface area contributed by atoms with Gasteiger partial charge in [0, 0.05) is 18.2 Å². The highest BCUT2D eigenvalue weighted by molar-refractivity contribution is 6.30. The Balaban J connectivity index is 3.03. The van der Waals surface area contributed by atoms with Crippen molar-refractivity contribution in [2.24, 2.45) is 11.0 Å². The van der Waals surface area contributed by atoms with Crippen LogP contribution < -0.4 is 5.43 Å². The second-order valence-corrected chi connectivity index (χ2v) is 6.83. The number of nitrogens with zero attached hydrogens (tertiary/aromatic N) is 1. The predicted molar refractivity (Wildman–Crippen MR) is 87.5 cm³/mol. The van der Waals surface area contributed by atoms with E-state index < -0.39 is 10.5 Å². The fourth-order valence-corrected chi connectivity index (χ4v) is 2.61. The highest BCUT2D eigenvalue weighted by atomic mass is 35.5. The molecule has 1 unspecified atom stereocenters. The molecule has 1 aliphatic carbocycles. The van der Waals surface area contributed by atoms with Crippen molar-refractivity contribution in [1.82, 2.24) is 5.43 Å². The van der Waals surface area contributed by atoms with E-state index in [0.29, 0.717) is 6.42 Å². The molecule has 2 N–H and O–H groups in total. The first-order valence-corrected chi connectivity index (χ1v) is 7.66. The molecule has 0 aromatic heterocycles. The first-order valence-electron chi connectivity index (χ1n) is 6.91. The van der Waals surface area contributed by atoms with Crippen molar-refractivity contribution in [1.29, 1.82) is 0 Å². The normalized spacial score (nSPS) is 21.6. The van der Waals surface area contributed by atoms with E-state index in [1.165, 1.54) is 0 Å². The Kier molecular flexibility index (Phi) is 6.11. The molecule has 5 heteroatoms. The van der Waals surface area contributed by atoms with Crippen molar-refractivity contribution in [3.8, 4) is 0 Å². The smallest absolute Gasteiger partial charge is 0.107 e. The van der Waals surface area contributed by atoms with Crippen LogP contribution in [0.4, 0.5) is 0 Å². The zero-order valence-electron chi connectivity index (χ0n) is 12.4. The maximum Gasteiger partial charge on any atom is 0.107 e. The van der Waals surface area contributed by atoms with E-state index in [4.69, 9.17) is 23.2 Å². The van der Waals surface area contributed by atoms with Crippen molar-refractivity contribution in [2.75, 3.05) is 6.54 Å². The molecule has 0 aromatic carbocycles. The van der Waals surface area contributed by atoms with Crippen LogP contribution in [0, 0.1) is 5.92 Å². The zero-order chi connectivity index (χ0) is 15.4. The second-order valence-electron chi connectivity index (χ2n) is 5.69. The molecule has 0 radical (unpaired) electrons. The van der Waals surface area contributed by atoms with Crippen LogP contribution in [0.3, 0.4) is 0 Å². The molecular formula is C15H24Cl2N2O. The topological polar surface area (TPSA) is 44.6 Å². The summed E-state index contributed by atoms with van der Waals surface area (Å²) in [5.74, 6) is 0.211. The fourth-order valence-electron chi connectivity index (χ4n) is 2.25. The summed E-state index contributed by atoms with van der Waals surface area (Å²) in [5, 5.41) is 15.3. The molecule has 0 bridgehead atoms. The van der Waals surface area contributed by atoms with Crippen molar-refractivity contribution in [2.45, 2.75) is 50.5 Å². The summed E-state index contributed by atoms with van der Waals surface area (Å²) in [7, 11) is 0. The Morgan fingerprint density at radius 3 is 2.55 bits per heavy atom. The minimum absolute atomic E-state index is 0.211. The van der Waals surface area contributed by atoms with Gasteiger partial charge >= 0.3 is 0 Å². The van der Waals surface area contributed by atoms with Gasteiger partial charge < -0.3 is 10.5 Å². The summed E-state index contributed by atoms with van der Waals surface area (Å²) in [4.78, 5) is -0.592. The molecule has 0 amide bonds. The Bertz CT molecular complexity index is 414. The van der Waals surface area contributed by atoms with Gasteiger partial charge in [0.1, 0.15) is 5.60 Å². The molecule has 3 nitrogen and oxygen atoms in total. The highest BCUT2D eigenvalue weighted by Crippen LogP contribution is 2.53. The minimum Gasteiger partial charge on any atom is -0.386 e. The monoisotopic (exact) mass is 318 g/mol. The van der Waals surface area contributed by atoms with Gasteiger partial charge in [0.2, 0.25) is 0 Å². The number of aliphatic hydroxyl groups is 1. The summed E-state index contributed by atoms with van der Waals surface area (Å²) in [6.45, 7) is 9.64. The van der Waals surface area contributed by atoms with E-state index in [1.54, 1.807) is 0 Å². The van der Waals surface area contributed by atoms with Gasteiger partial charge in [0.15, 0.2) is 0 Å². The lowest BCUT2D eigenvalue weighted by atomic mass is 9.87. The number of rotatable bonds is 8. The number of nitrogens with one attached hydrogen (secondary N) is 1. The standard InChI is InChI=1S/C15H24Cl2N2O/c1-5-6-12(13(16)11(2)3)9-15(20,10-19-18-4)14(17)7-8-14/h5-6,11,19-20H,4,7-10H2,1-3H3/b6-5-,13-12-. The third-order valence-electron chi connectivity index (χ3n) is 3.67. The van der Waals surface area contributed by atoms with Crippen LogP contribution in [-0.4, -0.2) is 28.8 Å². The Labute approximate surface area is 131 Å². The molecule has 0 saturated heterocycles. The largest absolute Gasteiger partial charge is 0.386 e. The quantitative estimate of drug-likeness (QED) is 0.309. The van der Waals surface area contributed by atoms with Crippen molar-refractivity contribution >= 4 is 29.9 Å². The fraction of sp³-hybridized carbons (Fsp3) is 0.667. The number of hydrazone groups is 1. The van der Waals surface area contributed by atoms with Crippen LogP contribution in [0.1, 0.15) is 40.0 Å². The van der Waals surface area contributed by atoms with Gasteiger partial charge in [-0.3, -0.25) is 0 Å². The average molecular weight is 319 g/mol. The van der Waals surface area contributed by atoms with Crippen molar-refractivity contribution in [3.63, 3.8) is 0 Å². The van der Waals surface area contributed by atoms with Gasteiger partial charge in [-0.25, -0.2) is 0 Å². The Morgan fingerprint density at radius 2 is 2.15 bits per heavy atom. The first-order chi connectivity index (χ1) is 9.29. The van der Waals surface area contributed by atoms with Gasteiger partial charge in [-0.15, -0.1) is 11.6 Å². The van der Waals surface area contributed by atoms with Crippen LogP contribution in [0.2, 0.25) is 0 Å². The average Bonchev–Trinajstić information content (AvgIpc) is 3.14. The summed E-state index contributed by atoms with van der Waals surface area (Å²) in [5.41, 5.74) is 2.58. The lowest BCUT2D eigenvalue weighted by molar-refractivity contribution is 0.0294. The van der Waals surface area contributed by atoms with E-state index in [9.17, 15) is 5.11 Å². The maximum absolute atomic E-state index is 11.0. The SMILES string of the molecule is C=NNCC(O)(CC(/C=C\C)=C(\Cl)C(C)C)C1(Cl)CC1. The van der Waals surface area contributed by atoms with E-state index >= 15 is 0 Å². The molecule has 1 aliphatic rings. The third kappa shape index (κ3) is 4.00. The van der Waals surface area contributed by atoms with Crippen molar-refractivity contribution < 1.29 is 5.11 Å². The minimum atomic E-state index is -1.08. The Hall–Kier alpha value is -0.510. The molecule has 1 fully saturated rings.